The van der Waals surface area contributed by atoms with Crippen molar-refractivity contribution in [3.05, 3.63) is 0 Å². The number of piperidine rings is 1. The van der Waals surface area contributed by atoms with E-state index >= 15 is 0 Å². The van der Waals surface area contributed by atoms with Crippen molar-refractivity contribution in [3.63, 3.8) is 0 Å². The number of carbonyl (C=O) groups excluding carboxylic acids is 2. The van der Waals surface area contributed by atoms with Crippen LogP contribution in [0.2, 0.25) is 0 Å². The van der Waals surface area contributed by atoms with Gasteiger partial charge in [-0.1, -0.05) is 31.5 Å². The van der Waals surface area contributed by atoms with Crippen molar-refractivity contribution in [3.8, 4) is 0 Å². The van der Waals surface area contributed by atoms with Gasteiger partial charge < -0.3 is 5.73 Å². The first-order valence-electron chi connectivity index (χ1n) is 7.67. The molecule has 3 rings (SSSR count). The highest BCUT2D eigenvalue weighted by molar-refractivity contribution is 7.80. The molecule has 0 aromatic rings. The summed E-state index contributed by atoms with van der Waals surface area (Å²) in [7, 11) is 0. The van der Waals surface area contributed by atoms with E-state index in [9.17, 15) is 9.59 Å². The molecular weight excluding hydrogens is 272 g/mol. The van der Waals surface area contributed by atoms with Gasteiger partial charge in [-0.25, -0.2) is 0 Å². The standard InChI is InChI=1S/C15H22N2O2S/c16-14(20)10-4-3-5-11(10)17-12(18)8-15(9-13(17)19)6-1-2-7-15/h10-11H,1-9H2,(H2,16,20). The van der Waals surface area contributed by atoms with Crippen LogP contribution in [0.25, 0.3) is 0 Å². The molecule has 3 aliphatic rings. The van der Waals surface area contributed by atoms with Crippen LogP contribution in [0.1, 0.15) is 57.8 Å². The maximum Gasteiger partial charge on any atom is 0.230 e. The summed E-state index contributed by atoms with van der Waals surface area (Å²) in [5.41, 5.74) is 5.76. The molecule has 1 spiro atoms. The van der Waals surface area contributed by atoms with Gasteiger partial charge in [-0.05, 0) is 31.1 Å². The largest absolute Gasteiger partial charge is 0.393 e. The highest BCUT2D eigenvalue weighted by Gasteiger charge is 2.49. The van der Waals surface area contributed by atoms with Crippen LogP contribution in [0.3, 0.4) is 0 Å². The van der Waals surface area contributed by atoms with Gasteiger partial charge in [0, 0.05) is 24.8 Å². The summed E-state index contributed by atoms with van der Waals surface area (Å²) in [4.78, 5) is 27.1. The third kappa shape index (κ3) is 2.26. The third-order valence-corrected chi connectivity index (χ3v) is 5.73. The molecule has 3 fully saturated rings. The summed E-state index contributed by atoms with van der Waals surface area (Å²) in [5.74, 6) is 0.0446. The molecule has 2 aliphatic carbocycles. The van der Waals surface area contributed by atoms with Gasteiger partial charge in [0.25, 0.3) is 0 Å². The van der Waals surface area contributed by atoms with Crippen molar-refractivity contribution in [1.82, 2.24) is 4.90 Å². The Morgan fingerprint density at radius 1 is 1.10 bits per heavy atom. The second-order valence-corrected chi connectivity index (χ2v) is 7.20. The van der Waals surface area contributed by atoms with Gasteiger partial charge in [0.2, 0.25) is 11.8 Å². The number of thiocarbonyl (C=S) groups is 1. The number of carbonyl (C=O) groups is 2. The lowest BCUT2D eigenvalue weighted by Gasteiger charge is -2.41. The highest BCUT2D eigenvalue weighted by Crippen LogP contribution is 2.48. The topological polar surface area (TPSA) is 63.4 Å². The Labute approximate surface area is 125 Å². The van der Waals surface area contributed by atoms with Crippen molar-refractivity contribution in [2.45, 2.75) is 63.8 Å². The molecule has 2 N–H and O–H groups in total. The molecule has 0 aromatic heterocycles. The number of nitrogens with zero attached hydrogens (tertiary/aromatic N) is 1. The summed E-state index contributed by atoms with van der Waals surface area (Å²) in [5, 5.41) is 0. The molecule has 110 valence electrons. The quantitative estimate of drug-likeness (QED) is 0.626. The number of hydrogen-bond donors (Lipinski definition) is 1. The monoisotopic (exact) mass is 294 g/mol. The lowest BCUT2D eigenvalue weighted by atomic mass is 9.75. The number of likely N-dealkylation sites (tertiary alicyclic amines) is 1. The molecule has 1 aliphatic heterocycles. The molecule has 4 nitrogen and oxygen atoms in total. The minimum atomic E-state index is -0.0775. The minimum Gasteiger partial charge on any atom is -0.393 e. The molecule has 20 heavy (non-hydrogen) atoms. The summed E-state index contributed by atoms with van der Waals surface area (Å²) < 4.78 is 0. The Bertz CT molecular complexity index is 437. The van der Waals surface area contributed by atoms with Crippen LogP contribution in [-0.2, 0) is 9.59 Å². The zero-order valence-electron chi connectivity index (χ0n) is 11.8. The Hall–Kier alpha value is -0.970. The number of nitrogens with two attached hydrogens (primary N) is 1. The normalized spacial score (nSPS) is 33.1. The van der Waals surface area contributed by atoms with Crippen molar-refractivity contribution in [2.24, 2.45) is 17.1 Å². The smallest absolute Gasteiger partial charge is 0.230 e. The molecule has 1 saturated heterocycles. The van der Waals surface area contributed by atoms with E-state index in [0.29, 0.717) is 17.8 Å². The number of rotatable bonds is 2. The van der Waals surface area contributed by atoms with E-state index in [0.717, 1.165) is 44.9 Å². The maximum atomic E-state index is 12.5. The van der Waals surface area contributed by atoms with E-state index in [-0.39, 0.29) is 29.2 Å². The van der Waals surface area contributed by atoms with E-state index in [4.69, 9.17) is 18.0 Å². The average Bonchev–Trinajstić information content (AvgIpc) is 2.98. The molecule has 2 amide bonds. The zero-order valence-corrected chi connectivity index (χ0v) is 12.6. The molecular formula is C15H22N2O2S. The number of hydrogen-bond acceptors (Lipinski definition) is 3. The minimum absolute atomic E-state index is 0.0105. The SMILES string of the molecule is NC(=S)C1CCCC1N1C(=O)CC2(CCCC2)CC1=O. The Kier molecular flexibility index (Phi) is 3.56. The second-order valence-electron chi connectivity index (χ2n) is 6.73. The molecule has 1 heterocycles. The van der Waals surface area contributed by atoms with Gasteiger partial charge in [-0.3, -0.25) is 14.5 Å². The van der Waals surface area contributed by atoms with Gasteiger partial charge in [0.15, 0.2) is 0 Å². The predicted octanol–water partition coefficient (Wildman–Crippen LogP) is 2.15. The lowest BCUT2D eigenvalue weighted by molar-refractivity contribution is -0.156. The van der Waals surface area contributed by atoms with Crippen LogP contribution in [0.5, 0.6) is 0 Å². The van der Waals surface area contributed by atoms with Gasteiger partial charge in [0.05, 0.1) is 4.99 Å². The van der Waals surface area contributed by atoms with Crippen molar-refractivity contribution >= 4 is 29.0 Å². The molecule has 0 bridgehead atoms. The number of amides is 2. The van der Waals surface area contributed by atoms with Crippen LogP contribution in [0, 0.1) is 11.3 Å². The van der Waals surface area contributed by atoms with E-state index in [1.807, 2.05) is 0 Å². The first kappa shape index (κ1) is 14.0. The van der Waals surface area contributed by atoms with Crippen molar-refractivity contribution < 1.29 is 9.59 Å². The Morgan fingerprint density at radius 2 is 1.70 bits per heavy atom. The Balaban J connectivity index is 1.79. The van der Waals surface area contributed by atoms with Crippen LogP contribution in [0.4, 0.5) is 0 Å². The summed E-state index contributed by atoms with van der Waals surface area (Å²) >= 11 is 5.11. The second kappa shape index (κ2) is 5.10. The number of imide groups is 1. The summed E-state index contributed by atoms with van der Waals surface area (Å²) in [6.45, 7) is 0. The van der Waals surface area contributed by atoms with Gasteiger partial charge >= 0.3 is 0 Å². The van der Waals surface area contributed by atoms with Crippen LogP contribution >= 0.6 is 12.2 Å². The summed E-state index contributed by atoms with van der Waals surface area (Å²) in [6.07, 6.45) is 8.20. The van der Waals surface area contributed by atoms with Crippen LogP contribution in [-0.4, -0.2) is 27.7 Å². The van der Waals surface area contributed by atoms with Crippen molar-refractivity contribution in [1.29, 1.82) is 0 Å². The molecule has 5 heteroatoms. The van der Waals surface area contributed by atoms with E-state index in [1.165, 1.54) is 4.90 Å². The predicted molar refractivity (Wildman–Crippen MR) is 79.9 cm³/mol. The fraction of sp³-hybridized carbons (Fsp3) is 0.800. The average molecular weight is 294 g/mol. The Morgan fingerprint density at radius 3 is 2.25 bits per heavy atom. The van der Waals surface area contributed by atoms with Crippen LogP contribution in [0.15, 0.2) is 0 Å². The van der Waals surface area contributed by atoms with E-state index in [2.05, 4.69) is 0 Å². The fourth-order valence-electron chi connectivity index (χ4n) is 4.44. The fourth-order valence-corrected chi connectivity index (χ4v) is 4.72. The molecule has 0 radical (unpaired) electrons. The van der Waals surface area contributed by atoms with Crippen molar-refractivity contribution in [2.75, 3.05) is 0 Å². The van der Waals surface area contributed by atoms with E-state index in [1.54, 1.807) is 0 Å². The third-order valence-electron chi connectivity index (χ3n) is 5.43. The molecule has 2 unspecified atom stereocenters. The maximum absolute atomic E-state index is 12.5. The van der Waals surface area contributed by atoms with E-state index < -0.39 is 0 Å². The zero-order chi connectivity index (χ0) is 14.3. The lowest BCUT2D eigenvalue weighted by Crippen LogP contribution is -2.54. The van der Waals surface area contributed by atoms with Crippen LogP contribution < -0.4 is 5.73 Å². The molecule has 2 atom stereocenters. The molecule has 0 aromatic carbocycles. The van der Waals surface area contributed by atoms with Gasteiger partial charge in [-0.2, -0.15) is 0 Å². The first-order valence-corrected chi connectivity index (χ1v) is 8.07. The molecule has 2 saturated carbocycles. The van der Waals surface area contributed by atoms with Gasteiger partial charge in [0.1, 0.15) is 0 Å². The first-order chi connectivity index (χ1) is 9.52. The highest BCUT2D eigenvalue weighted by atomic mass is 32.1. The summed E-state index contributed by atoms with van der Waals surface area (Å²) in [6, 6.07) is -0.0775. The van der Waals surface area contributed by atoms with Gasteiger partial charge in [-0.15, -0.1) is 0 Å².